The van der Waals surface area contributed by atoms with Gasteiger partial charge < -0.3 is 9.64 Å². The molecule has 0 spiro atoms. The van der Waals surface area contributed by atoms with Crippen LogP contribution in [0.25, 0.3) is 0 Å². The van der Waals surface area contributed by atoms with Crippen molar-refractivity contribution >= 4 is 38.7 Å². The molecule has 1 saturated heterocycles. The monoisotopic (exact) mass is 438 g/mol. The largest absolute Gasteiger partial charge is 0.450 e. The van der Waals surface area contributed by atoms with Gasteiger partial charge in [0.25, 0.3) is 0 Å². The Balaban J connectivity index is 1.92. The number of ether oxygens (including phenoxy) is 1. The van der Waals surface area contributed by atoms with Crippen LogP contribution >= 0.6 is 22.6 Å². The van der Waals surface area contributed by atoms with Crippen molar-refractivity contribution in [3.63, 3.8) is 0 Å². The molecule has 0 bridgehead atoms. The van der Waals surface area contributed by atoms with E-state index in [0.29, 0.717) is 32.5 Å². The van der Waals surface area contributed by atoms with Gasteiger partial charge in [0.15, 0.2) is 0 Å². The van der Waals surface area contributed by atoms with Gasteiger partial charge in [-0.05, 0) is 66.6 Å². The van der Waals surface area contributed by atoms with Crippen molar-refractivity contribution in [1.82, 2.24) is 9.62 Å². The van der Waals surface area contributed by atoms with Crippen LogP contribution in [0, 0.1) is 3.57 Å². The fourth-order valence-corrected chi connectivity index (χ4v) is 3.96. The van der Waals surface area contributed by atoms with Crippen LogP contribution < -0.4 is 4.72 Å². The lowest BCUT2D eigenvalue weighted by atomic mass is 10.1. The summed E-state index contributed by atoms with van der Waals surface area (Å²) in [4.78, 5) is 13.5. The molecular formula is C14H19IN2O4S. The van der Waals surface area contributed by atoms with Gasteiger partial charge in [0.05, 0.1) is 11.5 Å². The smallest absolute Gasteiger partial charge is 0.409 e. The number of halogens is 1. The molecular weight excluding hydrogens is 419 g/mol. The summed E-state index contributed by atoms with van der Waals surface area (Å²) in [6, 6.07) is 6.56. The quantitative estimate of drug-likeness (QED) is 0.732. The number of benzene rings is 1. The van der Waals surface area contributed by atoms with Crippen molar-refractivity contribution in [1.29, 1.82) is 0 Å². The Morgan fingerprint density at radius 2 is 1.91 bits per heavy atom. The number of sulfonamides is 1. The lowest BCUT2D eigenvalue weighted by Gasteiger charge is -2.31. The molecule has 22 heavy (non-hydrogen) atoms. The summed E-state index contributed by atoms with van der Waals surface area (Å²) in [5.74, 6) is 0. The van der Waals surface area contributed by atoms with Gasteiger partial charge in [0, 0.05) is 22.7 Å². The van der Waals surface area contributed by atoms with Crippen molar-refractivity contribution in [3.05, 3.63) is 27.8 Å². The highest BCUT2D eigenvalue weighted by Crippen LogP contribution is 2.16. The third kappa shape index (κ3) is 4.56. The number of amides is 1. The molecule has 1 aliphatic rings. The summed E-state index contributed by atoms with van der Waals surface area (Å²) in [5, 5.41) is 0. The van der Waals surface area contributed by atoms with Crippen molar-refractivity contribution in [2.75, 3.05) is 19.7 Å². The maximum Gasteiger partial charge on any atom is 0.409 e. The molecule has 1 aromatic rings. The Hall–Kier alpha value is -0.870. The number of piperidine rings is 1. The molecule has 1 aliphatic heterocycles. The van der Waals surface area contributed by atoms with E-state index in [1.165, 1.54) is 0 Å². The lowest BCUT2D eigenvalue weighted by molar-refractivity contribution is 0.0966. The molecule has 0 atom stereocenters. The van der Waals surface area contributed by atoms with E-state index in [4.69, 9.17) is 4.74 Å². The van der Waals surface area contributed by atoms with E-state index >= 15 is 0 Å². The average molecular weight is 438 g/mol. The normalized spacial score (nSPS) is 16.5. The zero-order chi connectivity index (χ0) is 16.2. The standard InChI is InChI=1S/C14H19IN2O4S/c1-2-21-14(18)17-9-7-12(8-10-17)16-22(19,20)13-5-3-11(15)4-6-13/h3-6,12,16H,2,7-10H2,1H3. The van der Waals surface area contributed by atoms with Gasteiger partial charge in [-0.25, -0.2) is 17.9 Å². The summed E-state index contributed by atoms with van der Waals surface area (Å²) >= 11 is 2.13. The maximum atomic E-state index is 12.3. The summed E-state index contributed by atoms with van der Waals surface area (Å²) in [5.41, 5.74) is 0. The topological polar surface area (TPSA) is 75.7 Å². The molecule has 0 aromatic heterocycles. The molecule has 1 N–H and O–H groups in total. The lowest BCUT2D eigenvalue weighted by Crippen LogP contribution is -2.46. The van der Waals surface area contributed by atoms with Crippen LogP contribution in [0.4, 0.5) is 4.79 Å². The van der Waals surface area contributed by atoms with E-state index in [1.54, 1.807) is 36.1 Å². The minimum Gasteiger partial charge on any atom is -0.450 e. The number of hydrogen-bond acceptors (Lipinski definition) is 4. The molecule has 0 unspecified atom stereocenters. The van der Waals surface area contributed by atoms with Crippen molar-refractivity contribution in [2.24, 2.45) is 0 Å². The number of nitrogens with zero attached hydrogens (tertiary/aromatic N) is 1. The maximum absolute atomic E-state index is 12.3. The van der Waals surface area contributed by atoms with Gasteiger partial charge in [0.2, 0.25) is 10.0 Å². The van der Waals surface area contributed by atoms with E-state index in [9.17, 15) is 13.2 Å². The molecule has 6 nitrogen and oxygen atoms in total. The van der Waals surface area contributed by atoms with Crippen LogP contribution in [0.5, 0.6) is 0 Å². The van der Waals surface area contributed by atoms with E-state index in [1.807, 2.05) is 0 Å². The second kappa shape index (κ2) is 7.60. The van der Waals surface area contributed by atoms with Gasteiger partial charge >= 0.3 is 6.09 Å². The van der Waals surface area contributed by atoms with Gasteiger partial charge in [-0.2, -0.15) is 0 Å². The second-order valence-corrected chi connectivity index (χ2v) is 8.00. The molecule has 8 heteroatoms. The Kier molecular flexibility index (Phi) is 6.04. The number of likely N-dealkylation sites (tertiary alicyclic amines) is 1. The molecule has 1 heterocycles. The van der Waals surface area contributed by atoms with Gasteiger partial charge in [0.1, 0.15) is 0 Å². The fraction of sp³-hybridized carbons (Fsp3) is 0.500. The highest BCUT2D eigenvalue weighted by molar-refractivity contribution is 14.1. The fourth-order valence-electron chi connectivity index (χ4n) is 2.30. The predicted molar refractivity (Wildman–Crippen MR) is 91.1 cm³/mol. The third-order valence-corrected chi connectivity index (χ3v) is 5.72. The number of rotatable bonds is 4. The molecule has 122 valence electrons. The molecule has 2 rings (SSSR count). The molecule has 1 amide bonds. The first-order chi connectivity index (χ1) is 10.4. The van der Waals surface area contributed by atoms with Crippen LogP contribution in [0.3, 0.4) is 0 Å². The Morgan fingerprint density at radius 3 is 2.45 bits per heavy atom. The minimum absolute atomic E-state index is 0.157. The van der Waals surface area contributed by atoms with Crippen molar-refractivity contribution in [2.45, 2.75) is 30.7 Å². The third-order valence-electron chi connectivity index (χ3n) is 3.47. The molecule has 1 fully saturated rings. The first-order valence-corrected chi connectivity index (χ1v) is 9.68. The van der Waals surface area contributed by atoms with Crippen molar-refractivity contribution < 1.29 is 17.9 Å². The molecule has 1 aromatic carbocycles. The predicted octanol–water partition coefficient (Wildman–Crippen LogP) is 2.19. The van der Waals surface area contributed by atoms with Gasteiger partial charge in [-0.1, -0.05) is 0 Å². The first-order valence-electron chi connectivity index (χ1n) is 7.12. The number of carbonyl (C=O) groups is 1. The summed E-state index contributed by atoms with van der Waals surface area (Å²) < 4.78 is 33.3. The highest BCUT2D eigenvalue weighted by atomic mass is 127. The van der Waals surface area contributed by atoms with E-state index in [-0.39, 0.29) is 17.0 Å². The second-order valence-electron chi connectivity index (χ2n) is 5.04. The SMILES string of the molecule is CCOC(=O)N1CCC(NS(=O)(=O)c2ccc(I)cc2)CC1. The summed E-state index contributed by atoms with van der Waals surface area (Å²) in [7, 11) is -3.51. The molecule has 0 aliphatic carbocycles. The molecule has 0 saturated carbocycles. The minimum atomic E-state index is -3.51. The number of hydrogen-bond donors (Lipinski definition) is 1. The van der Waals surface area contributed by atoms with Crippen molar-refractivity contribution in [3.8, 4) is 0 Å². The van der Waals surface area contributed by atoms with E-state index in [2.05, 4.69) is 27.3 Å². The zero-order valence-corrected chi connectivity index (χ0v) is 15.3. The summed E-state index contributed by atoms with van der Waals surface area (Å²) in [6.45, 7) is 3.11. The van der Waals surface area contributed by atoms with Crippen LogP contribution in [0.1, 0.15) is 19.8 Å². The Labute approximate surface area is 144 Å². The first kappa shape index (κ1) is 17.5. The number of carbonyl (C=O) groups excluding carboxylic acids is 1. The van der Waals surface area contributed by atoms with Crippen LogP contribution in [0.2, 0.25) is 0 Å². The van der Waals surface area contributed by atoms with Crippen LogP contribution in [-0.4, -0.2) is 45.1 Å². The average Bonchev–Trinajstić information content (AvgIpc) is 2.48. The van der Waals surface area contributed by atoms with E-state index in [0.717, 1.165) is 3.57 Å². The van der Waals surface area contributed by atoms with Crippen LogP contribution in [0.15, 0.2) is 29.2 Å². The summed E-state index contributed by atoms with van der Waals surface area (Å²) in [6.07, 6.45) is 0.839. The van der Waals surface area contributed by atoms with Gasteiger partial charge in [-0.15, -0.1) is 0 Å². The van der Waals surface area contributed by atoms with Gasteiger partial charge in [-0.3, -0.25) is 0 Å². The molecule has 0 radical (unpaired) electrons. The number of nitrogens with one attached hydrogen (secondary N) is 1. The van der Waals surface area contributed by atoms with E-state index < -0.39 is 10.0 Å². The zero-order valence-electron chi connectivity index (χ0n) is 12.3. The Morgan fingerprint density at radius 1 is 1.32 bits per heavy atom. The van der Waals surface area contributed by atoms with Crippen LogP contribution in [-0.2, 0) is 14.8 Å². The Bertz CT molecular complexity index is 610. The highest BCUT2D eigenvalue weighted by Gasteiger charge is 2.27.